The zero-order valence-electron chi connectivity index (χ0n) is 13.8. The number of aromatic nitrogens is 2. The Morgan fingerprint density at radius 3 is 2.33 bits per heavy atom. The van der Waals surface area contributed by atoms with Crippen molar-refractivity contribution in [3.8, 4) is 0 Å². The van der Waals surface area contributed by atoms with Crippen LogP contribution in [0.25, 0.3) is 0 Å². The van der Waals surface area contributed by atoms with E-state index < -0.39 is 0 Å². The molecule has 0 saturated carbocycles. The normalized spacial score (nSPS) is 10.1. The number of hydrogen-bond acceptors (Lipinski definition) is 5. The Balaban J connectivity index is 1.98. The highest BCUT2D eigenvalue weighted by atomic mass is 16.2. The molecule has 0 spiro atoms. The van der Waals surface area contributed by atoms with Crippen molar-refractivity contribution in [1.29, 1.82) is 0 Å². The molecular formula is C17H21N5O2. The van der Waals surface area contributed by atoms with E-state index in [2.05, 4.69) is 32.8 Å². The van der Waals surface area contributed by atoms with E-state index in [0.717, 1.165) is 19.4 Å². The van der Waals surface area contributed by atoms with Gasteiger partial charge in [-0.3, -0.25) is 9.59 Å². The van der Waals surface area contributed by atoms with Crippen LogP contribution in [0.2, 0.25) is 0 Å². The van der Waals surface area contributed by atoms with Crippen LogP contribution in [0.5, 0.6) is 0 Å². The summed E-state index contributed by atoms with van der Waals surface area (Å²) >= 11 is 0. The van der Waals surface area contributed by atoms with Crippen LogP contribution < -0.4 is 16.0 Å². The van der Waals surface area contributed by atoms with Crippen molar-refractivity contribution in [2.24, 2.45) is 0 Å². The summed E-state index contributed by atoms with van der Waals surface area (Å²) in [7, 11) is 0. The largest absolute Gasteiger partial charge is 0.370 e. The van der Waals surface area contributed by atoms with Gasteiger partial charge < -0.3 is 16.0 Å². The molecule has 3 N–H and O–H groups in total. The summed E-state index contributed by atoms with van der Waals surface area (Å²) in [6, 6.07) is 8.48. The number of rotatable bonds is 7. The monoisotopic (exact) mass is 327 g/mol. The average Bonchev–Trinajstić information content (AvgIpc) is 2.57. The van der Waals surface area contributed by atoms with Gasteiger partial charge in [0.2, 0.25) is 5.91 Å². The first-order chi connectivity index (χ1) is 11.6. The van der Waals surface area contributed by atoms with Crippen LogP contribution in [-0.2, 0) is 4.79 Å². The Bertz CT molecular complexity index is 700. The fourth-order valence-corrected chi connectivity index (χ4v) is 2.01. The lowest BCUT2D eigenvalue weighted by Crippen LogP contribution is -2.15. The van der Waals surface area contributed by atoms with Gasteiger partial charge in [0.05, 0.1) is 0 Å². The second-order valence-electron chi connectivity index (χ2n) is 5.28. The van der Waals surface area contributed by atoms with Gasteiger partial charge in [0.1, 0.15) is 17.8 Å². The molecule has 0 aliphatic carbocycles. The number of carbonyl (C=O) groups excluding carboxylic acids is 2. The molecule has 24 heavy (non-hydrogen) atoms. The molecule has 1 aromatic carbocycles. The molecule has 126 valence electrons. The van der Waals surface area contributed by atoms with Crippen LogP contribution in [0.4, 0.5) is 17.2 Å². The van der Waals surface area contributed by atoms with Crippen molar-refractivity contribution >= 4 is 29.0 Å². The molecule has 0 bridgehead atoms. The molecular weight excluding hydrogens is 306 g/mol. The van der Waals surface area contributed by atoms with E-state index in [9.17, 15) is 9.59 Å². The topological polar surface area (TPSA) is 96.0 Å². The molecule has 0 aliphatic heterocycles. The first-order valence-corrected chi connectivity index (χ1v) is 7.83. The van der Waals surface area contributed by atoms with Crippen molar-refractivity contribution in [2.75, 3.05) is 22.5 Å². The van der Waals surface area contributed by atoms with Gasteiger partial charge in [-0.05, 0) is 30.7 Å². The van der Waals surface area contributed by atoms with E-state index in [0.29, 0.717) is 17.2 Å². The average molecular weight is 327 g/mol. The van der Waals surface area contributed by atoms with Gasteiger partial charge in [-0.25, -0.2) is 9.97 Å². The quantitative estimate of drug-likeness (QED) is 0.680. The molecule has 0 fully saturated rings. The molecule has 2 rings (SSSR count). The summed E-state index contributed by atoms with van der Waals surface area (Å²) in [5.74, 6) is 0.170. The summed E-state index contributed by atoms with van der Waals surface area (Å²) in [4.78, 5) is 31.3. The number of nitrogens with zero attached hydrogens (tertiary/aromatic N) is 2. The second-order valence-corrected chi connectivity index (χ2v) is 5.28. The molecule has 0 radical (unpaired) electrons. The highest BCUT2D eigenvalue weighted by Gasteiger charge is 2.09. The van der Waals surface area contributed by atoms with E-state index in [1.807, 2.05) is 0 Å². The summed E-state index contributed by atoms with van der Waals surface area (Å²) in [6.07, 6.45) is 3.48. The number of benzene rings is 1. The summed E-state index contributed by atoms with van der Waals surface area (Å²) < 4.78 is 0. The molecule has 0 aliphatic rings. The standard InChI is InChI=1S/C17H21N5O2/c1-3-4-9-18-16-10-15(19-11-20-16)17(24)22-14-7-5-13(6-8-14)21-12(2)23/h5-8,10-11H,3-4,9H2,1-2H3,(H,21,23)(H,22,24)(H,18,19,20). The number of anilines is 3. The van der Waals surface area contributed by atoms with E-state index in [-0.39, 0.29) is 17.5 Å². The van der Waals surface area contributed by atoms with Crippen molar-refractivity contribution in [1.82, 2.24) is 9.97 Å². The van der Waals surface area contributed by atoms with Crippen LogP contribution in [0.3, 0.4) is 0 Å². The zero-order chi connectivity index (χ0) is 17.4. The Morgan fingerprint density at radius 1 is 1.04 bits per heavy atom. The van der Waals surface area contributed by atoms with Crippen molar-refractivity contribution < 1.29 is 9.59 Å². The first-order valence-electron chi connectivity index (χ1n) is 7.83. The lowest BCUT2D eigenvalue weighted by Gasteiger charge is -2.08. The highest BCUT2D eigenvalue weighted by Crippen LogP contribution is 2.14. The van der Waals surface area contributed by atoms with Crippen LogP contribution in [0.15, 0.2) is 36.7 Å². The Kier molecular flexibility index (Phi) is 6.24. The molecule has 0 saturated heterocycles. The SMILES string of the molecule is CCCCNc1cc(C(=O)Nc2ccc(NC(C)=O)cc2)ncn1. The van der Waals surface area contributed by atoms with Crippen molar-refractivity contribution in [3.63, 3.8) is 0 Å². The zero-order valence-corrected chi connectivity index (χ0v) is 13.8. The van der Waals surface area contributed by atoms with Gasteiger partial charge in [0, 0.05) is 30.9 Å². The van der Waals surface area contributed by atoms with Crippen LogP contribution in [-0.4, -0.2) is 28.3 Å². The minimum Gasteiger partial charge on any atom is -0.370 e. The number of unbranched alkanes of at least 4 members (excludes halogenated alkanes) is 1. The Labute approximate surface area is 140 Å². The van der Waals surface area contributed by atoms with E-state index in [1.165, 1.54) is 13.3 Å². The van der Waals surface area contributed by atoms with E-state index in [4.69, 9.17) is 0 Å². The second kappa shape index (κ2) is 8.61. The Hall–Kier alpha value is -2.96. The third-order valence-corrected chi connectivity index (χ3v) is 3.20. The number of nitrogens with one attached hydrogen (secondary N) is 3. The number of hydrogen-bond donors (Lipinski definition) is 3. The van der Waals surface area contributed by atoms with Gasteiger partial charge >= 0.3 is 0 Å². The molecule has 1 heterocycles. The lowest BCUT2D eigenvalue weighted by atomic mass is 10.2. The van der Waals surface area contributed by atoms with Crippen molar-refractivity contribution in [2.45, 2.75) is 26.7 Å². The number of amides is 2. The van der Waals surface area contributed by atoms with E-state index >= 15 is 0 Å². The lowest BCUT2D eigenvalue weighted by molar-refractivity contribution is -0.114. The fraction of sp³-hybridized carbons (Fsp3) is 0.294. The summed E-state index contributed by atoms with van der Waals surface area (Å²) in [5, 5.41) is 8.59. The molecule has 1 aromatic heterocycles. The van der Waals surface area contributed by atoms with E-state index in [1.54, 1.807) is 30.3 Å². The van der Waals surface area contributed by atoms with Crippen LogP contribution in [0, 0.1) is 0 Å². The summed E-state index contributed by atoms with van der Waals surface area (Å²) in [5.41, 5.74) is 1.58. The predicted octanol–water partition coefficient (Wildman–Crippen LogP) is 2.90. The first kappa shape index (κ1) is 17.4. The maximum absolute atomic E-state index is 12.3. The maximum Gasteiger partial charge on any atom is 0.274 e. The van der Waals surface area contributed by atoms with Gasteiger partial charge in [-0.15, -0.1) is 0 Å². The van der Waals surface area contributed by atoms with Gasteiger partial charge in [0.15, 0.2) is 0 Å². The molecule has 2 amide bonds. The minimum atomic E-state index is -0.316. The third kappa shape index (κ3) is 5.35. The van der Waals surface area contributed by atoms with Crippen LogP contribution in [0.1, 0.15) is 37.2 Å². The van der Waals surface area contributed by atoms with Crippen LogP contribution >= 0.6 is 0 Å². The molecule has 7 nitrogen and oxygen atoms in total. The number of carbonyl (C=O) groups is 2. The third-order valence-electron chi connectivity index (χ3n) is 3.20. The molecule has 2 aromatic rings. The summed E-state index contributed by atoms with van der Waals surface area (Å²) in [6.45, 7) is 4.36. The fourth-order valence-electron chi connectivity index (χ4n) is 2.01. The molecule has 0 atom stereocenters. The van der Waals surface area contributed by atoms with Crippen molar-refractivity contribution in [3.05, 3.63) is 42.4 Å². The maximum atomic E-state index is 12.3. The Morgan fingerprint density at radius 2 is 1.71 bits per heavy atom. The minimum absolute atomic E-state index is 0.143. The predicted molar refractivity (Wildman–Crippen MR) is 94.1 cm³/mol. The highest BCUT2D eigenvalue weighted by molar-refractivity contribution is 6.03. The molecule has 7 heteroatoms. The van der Waals surface area contributed by atoms with Gasteiger partial charge in [-0.1, -0.05) is 13.3 Å². The smallest absolute Gasteiger partial charge is 0.274 e. The van der Waals surface area contributed by atoms with Gasteiger partial charge in [-0.2, -0.15) is 0 Å². The van der Waals surface area contributed by atoms with Gasteiger partial charge in [0.25, 0.3) is 5.91 Å². The molecule has 0 unspecified atom stereocenters.